The summed E-state index contributed by atoms with van der Waals surface area (Å²) in [6.45, 7) is 1.44. The highest BCUT2D eigenvalue weighted by atomic mass is 32.1. The van der Waals surface area contributed by atoms with Gasteiger partial charge in [0.05, 0.1) is 10.8 Å². The number of nitrogens with one attached hydrogen (secondary N) is 1. The highest BCUT2D eigenvalue weighted by Crippen LogP contribution is 2.34. The Labute approximate surface area is 118 Å². The number of amides is 1. The zero-order chi connectivity index (χ0) is 14.8. The SMILES string of the molecule is NNC(=O)c1ccc(CN2CCC(C(F)(F)F)CC2)s1. The van der Waals surface area contributed by atoms with Crippen LogP contribution in [0.4, 0.5) is 13.2 Å². The van der Waals surface area contributed by atoms with Crippen molar-refractivity contribution in [2.75, 3.05) is 13.1 Å². The third-order valence-electron chi connectivity index (χ3n) is 3.45. The smallest absolute Gasteiger partial charge is 0.298 e. The topological polar surface area (TPSA) is 58.4 Å². The number of carbonyl (C=O) groups excluding carboxylic acids is 1. The number of hydrogen-bond acceptors (Lipinski definition) is 4. The largest absolute Gasteiger partial charge is 0.391 e. The Morgan fingerprint density at radius 1 is 1.40 bits per heavy atom. The van der Waals surface area contributed by atoms with Gasteiger partial charge in [-0.25, -0.2) is 5.84 Å². The van der Waals surface area contributed by atoms with Gasteiger partial charge in [-0.2, -0.15) is 13.2 Å². The van der Waals surface area contributed by atoms with E-state index in [1.165, 1.54) is 11.3 Å². The lowest BCUT2D eigenvalue weighted by atomic mass is 9.96. The minimum Gasteiger partial charge on any atom is -0.298 e. The van der Waals surface area contributed by atoms with E-state index < -0.39 is 12.1 Å². The van der Waals surface area contributed by atoms with Gasteiger partial charge in [0.15, 0.2) is 0 Å². The van der Waals surface area contributed by atoms with Crippen molar-refractivity contribution in [1.82, 2.24) is 10.3 Å². The maximum Gasteiger partial charge on any atom is 0.391 e. The number of hydrazine groups is 1. The van der Waals surface area contributed by atoms with Crippen LogP contribution in [0.2, 0.25) is 0 Å². The third-order valence-corrected chi connectivity index (χ3v) is 4.52. The van der Waals surface area contributed by atoms with Gasteiger partial charge in [-0.05, 0) is 38.1 Å². The fourth-order valence-corrected chi connectivity index (χ4v) is 3.25. The summed E-state index contributed by atoms with van der Waals surface area (Å²) in [5.41, 5.74) is 2.05. The van der Waals surface area contributed by atoms with Crippen molar-refractivity contribution < 1.29 is 18.0 Å². The van der Waals surface area contributed by atoms with Crippen LogP contribution < -0.4 is 11.3 Å². The molecule has 1 amide bonds. The fraction of sp³-hybridized carbons (Fsp3) is 0.583. The fourth-order valence-electron chi connectivity index (χ4n) is 2.29. The Hall–Kier alpha value is -1.12. The lowest BCUT2D eigenvalue weighted by molar-refractivity contribution is -0.185. The number of carbonyl (C=O) groups is 1. The maximum atomic E-state index is 12.6. The van der Waals surface area contributed by atoms with E-state index in [1.54, 1.807) is 6.07 Å². The van der Waals surface area contributed by atoms with Crippen LogP contribution in [-0.2, 0) is 6.54 Å². The molecule has 0 atom stereocenters. The molecule has 112 valence electrons. The Morgan fingerprint density at radius 3 is 2.60 bits per heavy atom. The van der Waals surface area contributed by atoms with Gasteiger partial charge in [0, 0.05) is 11.4 Å². The molecule has 1 fully saturated rings. The van der Waals surface area contributed by atoms with E-state index in [0.29, 0.717) is 24.5 Å². The number of halogens is 3. The van der Waals surface area contributed by atoms with E-state index in [-0.39, 0.29) is 18.7 Å². The second-order valence-corrected chi connectivity index (χ2v) is 6.00. The Morgan fingerprint density at radius 2 is 2.05 bits per heavy atom. The number of nitrogen functional groups attached to an aromatic ring is 1. The van der Waals surface area contributed by atoms with Crippen molar-refractivity contribution in [3.8, 4) is 0 Å². The summed E-state index contributed by atoms with van der Waals surface area (Å²) < 4.78 is 37.7. The highest BCUT2D eigenvalue weighted by molar-refractivity contribution is 7.14. The summed E-state index contributed by atoms with van der Waals surface area (Å²) in [5, 5.41) is 0. The van der Waals surface area contributed by atoms with Gasteiger partial charge in [0.1, 0.15) is 0 Å². The summed E-state index contributed by atoms with van der Waals surface area (Å²) in [5.74, 6) is 3.51. The molecule has 4 nitrogen and oxygen atoms in total. The summed E-state index contributed by atoms with van der Waals surface area (Å²) in [6, 6.07) is 3.48. The van der Waals surface area contributed by atoms with Gasteiger partial charge < -0.3 is 0 Å². The summed E-state index contributed by atoms with van der Waals surface area (Å²) >= 11 is 1.31. The molecule has 0 spiro atoms. The van der Waals surface area contributed by atoms with Crippen LogP contribution in [0.3, 0.4) is 0 Å². The number of rotatable bonds is 3. The van der Waals surface area contributed by atoms with Gasteiger partial charge in [-0.1, -0.05) is 0 Å². The average molecular weight is 307 g/mol. The Kier molecular flexibility index (Phi) is 4.66. The molecule has 20 heavy (non-hydrogen) atoms. The van der Waals surface area contributed by atoms with Crippen LogP contribution in [-0.4, -0.2) is 30.1 Å². The number of nitrogens with zero attached hydrogens (tertiary/aromatic N) is 1. The Bertz CT molecular complexity index is 467. The monoisotopic (exact) mass is 307 g/mol. The van der Waals surface area contributed by atoms with E-state index in [2.05, 4.69) is 5.43 Å². The first-order valence-corrected chi connectivity index (χ1v) is 7.10. The van der Waals surface area contributed by atoms with Crippen LogP contribution in [0.15, 0.2) is 12.1 Å². The summed E-state index contributed by atoms with van der Waals surface area (Å²) in [6.07, 6.45) is -3.79. The molecule has 1 aromatic rings. The summed E-state index contributed by atoms with van der Waals surface area (Å²) in [4.78, 5) is 14.8. The van der Waals surface area contributed by atoms with Crippen molar-refractivity contribution in [1.29, 1.82) is 0 Å². The zero-order valence-corrected chi connectivity index (χ0v) is 11.6. The number of alkyl halides is 3. The number of nitrogens with two attached hydrogens (primary N) is 1. The second kappa shape index (κ2) is 6.11. The molecule has 0 unspecified atom stereocenters. The molecular weight excluding hydrogens is 291 g/mol. The van der Waals surface area contributed by atoms with E-state index in [0.717, 1.165) is 4.88 Å². The molecule has 0 radical (unpaired) electrons. The molecule has 0 bridgehead atoms. The maximum absolute atomic E-state index is 12.6. The van der Waals surface area contributed by atoms with E-state index >= 15 is 0 Å². The molecule has 3 N–H and O–H groups in total. The lowest BCUT2D eigenvalue weighted by Gasteiger charge is -2.32. The van der Waals surface area contributed by atoms with Crippen LogP contribution in [0.1, 0.15) is 27.4 Å². The first-order valence-electron chi connectivity index (χ1n) is 6.29. The molecule has 0 aromatic carbocycles. The molecule has 1 aliphatic rings. The first kappa shape index (κ1) is 15.3. The van der Waals surface area contributed by atoms with Crippen molar-refractivity contribution in [2.45, 2.75) is 25.6 Å². The van der Waals surface area contributed by atoms with E-state index in [9.17, 15) is 18.0 Å². The van der Waals surface area contributed by atoms with E-state index in [1.807, 2.05) is 11.0 Å². The predicted octanol–water partition coefficient (Wildman–Crippen LogP) is 2.13. The minimum absolute atomic E-state index is 0.144. The molecule has 8 heteroatoms. The van der Waals surface area contributed by atoms with Crippen molar-refractivity contribution in [3.63, 3.8) is 0 Å². The molecule has 1 saturated heterocycles. The van der Waals surface area contributed by atoms with Gasteiger partial charge in [0.2, 0.25) is 0 Å². The highest BCUT2D eigenvalue weighted by Gasteiger charge is 2.40. The molecule has 1 aromatic heterocycles. The van der Waals surface area contributed by atoms with Crippen LogP contribution in [0, 0.1) is 5.92 Å². The normalized spacial score (nSPS) is 18.2. The minimum atomic E-state index is -4.08. The van der Waals surface area contributed by atoms with Gasteiger partial charge in [-0.15, -0.1) is 11.3 Å². The van der Waals surface area contributed by atoms with Crippen molar-refractivity contribution in [3.05, 3.63) is 21.9 Å². The quantitative estimate of drug-likeness (QED) is 0.511. The van der Waals surface area contributed by atoms with Crippen molar-refractivity contribution in [2.24, 2.45) is 11.8 Å². The second-order valence-electron chi connectivity index (χ2n) is 4.83. The van der Waals surface area contributed by atoms with Gasteiger partial charge in [0.25, 0.3) is 5.91 Å². The number of piperidine rings is 1. The molecule has 1 aliphatic heterocycles. The standard InChI is InChI=1S/C12H16F3N3OS/c13-12(14,15)8-3-5-18(6-4-8)7-9-1-2-10(20-9)11(19)17-16/h1-2,8H,3-7,16H2,(H,17,19). The molecule has 2 rings (SSSR count). The average Bonchev–Trinajstić information content (AvgIpc) is 2.86. The zero-order valence-electron chi connectivity index (χ0n) is 10.7. The third kappa shape index (κ3) is 3.71. The molecule has 2 heterocycles. The van der Waals surface area contributed by atoms with Crippen molar-refractivity contribution >= 4 is 17.2 Å². The van der Waals surface area contributed by atoms with Crippen LogP contribution >= 0.6 is 11.3 Å². The molecular formula is C12H16F3N3OS. The molecule has 0 aliphatic carbocycles. The Balaban J connectivity index is 1.87. The molecule has 0 saturated carbocycles. The van der Waals surface area contributed by atoms with Gasteiger partial charge in [-0.3, -0.25) is 15.1 Å². The number of hydrogen-bond donors (Lipinski definition) is 2. The predicted molar refractivity (Wildman–Crippen MR) is 70.0 cm³/mol. The number of likely N-dealkylation sites (tertiary alicyclic amines) is 1. The van der Waals surface area contributed by atoms with Crippen LogP contribution in [0.25, 0.3) is 0 Å². The van der Waals surface area contributed by atoms with Gasteiger partial charge >= 0.3 is 6.18 Å². The first-order chi connectivity index (χ1) is 9.40. The lowest BCUT2D eigenvalue weighted by Crippen LogP contribution is -2.38. The van der Waals surface area contributed by atoms with E-state index in [4.69, 9.17) is 5.84 Å². The van der Waals surface area contributed by atoms with Crippen LogP contribution in [0.5, 0.6) is 0 Å². The number of thiophene rings is 1. The summed E-state index contributed by atoms with van der Waals surface area (Å²) in [7, 11) is 0.